The molecule has 0 radical (unpaired) electrons. The first-order valence-electron chi connectivity index (χ1n) is 7.81. The van der Waals surface area contributed by atoms with E-state index in [4.69, 9.17) is 9.84 Å². The summed E-state index contributed by atoms with van der Waals surface area (Å²) in [5.41, 5.74) is 2.47. The molecule has 1 fully saturated rings. The molecule has 0 N–H and O–H groups in total. The lowest BCUT2D eigenvalue weighted by molar-refractivity contribution is 0.207. The zero-order valence-corrected chi connectivity index (χ0v) is 14.0. The summed E-state index contributed by atoms with van der Waals surface area (Å²) in [6.07, 6.45) is 4.37. The van der Waals surface area contributed by atoms with Crippen LogP contribution in [-0.4, -0.2) is 30.6 Å². The van der Waals surface area contributed by atoms with Crippen molar-refractivity contribution in [2.75, 3.05) is 20.3 Å². The molecule has 0 amide bonds. The van der Waals surface area contributed by atoms with Crippen molar-refractivity contribution < 1.29 is 9.13 Å². The van der Waals surface area contributed by atoms with Crippen LogP contribution in [0.1, 0.15) is 25.7 Å². The molecule has 1 aliphatic rings. The second-order valence-corrected chi connectivity index (χ2v) is 6.28. The summed E-state index contributed by atoms with van der Waals surface area (Å²) in [7, 11) is 1.65. The predicted octanol–water partition coefficient (Wildman–Crippen LogP) is 3.68. The second kappa shape index (κ2) is 7.66. The van der Waals surface area contributed by atoms with E-state index in [9.17, 15) is 4.39 Å². The summed E-state index contributed by atoms with van der Waals surface area (Å²) < 4.78 is 21.0. The average molecular weight is 333 g/mol. The summed E-state index contributed by atoms with van der Waals surface area (Å²) in [6, 6.07) is 6.79. The Hall–Kier alpha value is -1.79. The maximum atomic E-state index is 14.2. The number of hydrogen-bond donors (Lipinski definition) is 0. The van der Waals surface area contributed by atoms with Crippen molar-refractivity contribution in [1.29, 1.82) is 0 Å². The van der Waals surface area contributed by atoms with E-state index >= 15 is 0 Å². The highest BCUT2D eigenvalue weighted by atomic mass is 32.1. The van der Waals surface area contributed by atoms with Crippen LogP contribution in [0.2, 0.25) is 0 Å². The zero-order chi connectivity index (χ0) is 16.1. The standard InChI is InChI=1S/C17H20FN3OS/c1-22-11-10-19-17-21(20-13-6-2-3-7-13)16(12-23-17)14-8-4-5-9-15(14)18/h4-5,8-9,12H,2-3,6-7,10-11H2,1H3. The molecule has 0 unspecified atom stereocenters. The third-order valence-corrected chi connectivity index (χ3v) is 4.65. The molecular weight excluding hydrogens is 313 g/mol. The van der Waals surface area contributed by atoms with Gasteiger partial charge in [0.25, 0.3) is 0 Å². The Morgan fingerprint density at radius 3 is 2.78 bits per heavy atom. The minimum Gasteiger partial charge on any atom is -0.383 e. The molecule has 0 atom stereocenters. The van der Waals surface area contributed by atoms with Gasteiger partial charge in [0.2, 0.25) is 4.80 Å². The van der Waals surface area contributed by atoms with Gasteiger partial charge in [-0.15, -0.1) is 11.3 Å². The SMILES string of the molecule is COCCN=c1scc(-c2ccccc2F)n1N=C1CCCC1. The van der Waals surface area contributed by atoms with E-state index < -0.39 is 0 Å². The van der Waals surface area contributed by atoms with Gasteiger partial charge in [-0.25, -0.2) is 9.07 Å². The first-order chi connectivity index (χ1) is 11.3. The van der Waals surface area contributed by atoms with Crippen molar-refractivity contribution in [3.05, 3.63) is 40.3 Å². The first-order valence-corrected chi connectivity index (χ1v) is 8.69. The zero-order valence-electron chi connectivity index (χ0n) is 13.2. The van der Waals surface area contributed by atoms with Crippen molar-refractivity contribution in [2.24, 2.45) is 10.1 Å². The molecule has 0 saturated heterocycles. The Morgan fingerprint density at radius 1 is 1.26 bits per heavy atom. The van der Waals surface area contributed by atoms with Crippen LogP contribution in [0.15, 0.2) is 39.7 Å². The van der Waals surface area contributed by atoms with Gasteiger partial charge in [0.15, 0.2) is 0 Å². The highest BCUT2D eigenvalue weighted by Crippen LogP contribution is 2.24. The number of aromatic nitrogens is 1. The Balaban J connectivity index is 2.07. The number of benzene rings is 1. The third kappa shape index (κ3) is 3.76. The van der Waals surface area contributed by atoms with Crippen LogP contribution in [0.3, 0.4) is 0 Å². The van der Waals surface area contributed by atoms with E-state index in [0.29, 0.717) is 18.7 Å². The Kier molecular flexibility index (Phi) is 5.35. The molecule has 1 aromatic carbocycles. The van der Waals surface area contributed by atoms with Gasteiger partial charge in [-0.1, -0.05) is 12.1 Å². The van der Waals surface area contributed by atoms with Crippen LogP contribution >= 0.6 is 11.3 Å². The molecule has 6 heteroatoms. The summed E-state index contributed by atoms with van der Waals surface area (Å²) in [4.78, 5) is 5.32. The van der Waals surface area contributed by atoms with Gasteiger partial charge in [0, 0.05) is 23.8 Å². The number of hydrogen-bond acceptors (Lipinski definition) is 4. The number of rotatable bonds is 5. The summed E-state index contributed by atoms with van der Waals surface area (Å²) in [5.74, 6) is -0.242. The number of ether oxygens (including phenoxy) is 1. The molecule has 1 heterocycles. The highest BCUT2D eigenvalue weighted by molar-refractivity contribution is 7.07. The number of methoxy groups -OCH3 is 1. The maximum absolute atomic E-state index is 14.2. The predicted molar refractivity (Wildman–Crippen MR) is 91.3 cm³/mol. The van der Waals surface area contributed by atoms with Gasteiger partial charge >= 0.3 is 0 Å². The van der Waals surface area contributed by atoms with Gasteiger partial charge < -0.3 is 4.74 Å². The van der Waals surface area contributed by atoms with Gasteiger partial charge in [-0.05, 0) is 37.8 Å². The van der Waals surface area contributed by atoms with Gasteiger partial charge in [-0.3, -0.25) is 4.99 Å². The molecule has 1 aliphatic carbocycles. The lowest BCUT2D eigenvalue weighted by Gasteiger charge is -2.06. The monoisotopic (exact) mass is 333 g/mol. The minimum absolute atomic E-state index is 0.242. The van der Waals surface area contributed by atoms with Gasteiger partial charge in [0.05, 0.1) is 18.8 Å². The molecule has 23 heavy (non-hydrogen) atoms. The lowest BCUT2D eigenvalue weighted by atomic mass is 10.1. The molecule has 3 rings (SSSR count). The van der Waals surface area contributed by atoms with Crippen LogP contribution in [0.4, 0.5) is 4.39 Å². The molecule has 1 saturated carbocycles. The number of thiazole rings is 1. The quantitative estimate of drug-likeness (QED) is 0.769. The second-order valence-electron chi connectivity index (χ2n) is 5.44. The average Bonchev–Trinajstić information content (AvgIpc) is 3.20. The lowest BCUT2D eigenvalue weighted by Crippen LogP contribution is -2.15. The van der Waals surface area contributed by atoms with Crippen LogP contribution < -0.4 is 4.80 Å². The van der Waals surface area contributed by atoms with E-state index in [2.05, 4.69) is 4.99 Å². The molecule has 122 valence electrons. The van der Waals surface area contributed by atoms with Gasteiger partial charge in [0.1, 0.15) is 5.82 Å². The van der Waals surface area contributed by atoms with Gasteiger partial charge in [-0.2, -0.15) is 5.10 Å². The highest BCUT2D eigenvalue weighted by Gasteiger charge is 2.14. The molecular formula is C17H20FN3OS. The summed E-state index contributed by atoms with van der Waals surface area (Å²) in [5, 5.41) is 6.68. The van der Waals surface area contributed by atoms with E-state index in [1.54, 1.807) is 23.9 Å². The Morgan fingerprint density at radius 2 is 2.04 bits per heavy atom. The maximum Gasteiger partial charge on any atom is 0.206 e. The number of halogens is 1. The fourth-order valence-electron chi connectivity index (χ4n) is 2.62. The van der Waals surface area contributed by atoms with Crippen molar-refractivity contribution in [3.8, 4) is 11.3 Å². The van der Waals surface area contributed by atoms with E-state index in [-0.39, 0.29) is 5.82 Å². The number of nitrogens with zero attached hydrogens (tertiary/aromatic N) is 3. The topological polar surface area (TPSA) is 38.9 Å². The van der Waals surface area contributed by atoms with Crippen LogP contribution in [-0.2, 0) is 4.74 Å². The fraction of sp³-hybridized carbons (Fsp3) is 0.412. The molecule has 0 aliphatic heterocycles. The van der Waals surface area contributed by atoms with Crippen LogP contribution in [0, 0.1) is 5.82 Å². The molecule has 0 spiro atoms. The summed E-state index contributed by atoms with van der Waals surface area (Å²) >= 11 is 1.48. The fourth-order valence-corrected chi connectivity index (χ4v) is 3.46. The third-order valence-electron chi connectivity index (χ3n) is 3.80. The largest absolute Gasteiger partial charge is 0.383 e. The molecule has 2 aromatic rings. The van der Waals surface area contributed by atoms with E-state index in [1.165, 1.54) is 30.2 Å². The Bertz CT molecular complexity index is 755. The normalized spacial score (nSPS) is 15.4. The van der Waals surface area contributed by atoms with Crippen molar-refractivity contribution in [2.45, 2.75) is 25.7 Å². The Labute approximate surface area is 139 Å². The van der Waals surface area contributed by atoms with E-state index in [1.807, 2.05) is 11.4 Å². The van der Waals surface area contributed by atoms with Crippen molar-refractivity contribution in [3.63, 3.8) is 0 Å². The minimum atomic E-state index is -0.242. The smallest absolute Gasteiger partial charge is 0.206 e. The van der Waals surface area contributed by atoms with Crippen LogP contribution in [0.25, 0.3) is 11.3 Å². The van der Waals surface area contributed by atoms with Crippen LogP contribution in [0.5, 0.6) is 0 Å². The molecule has 0 bridgehead atoms. The molecule has 1 aromatic heterocycles. The first kappa shape index (κ1) is 16.1. The van der Waals surface area contributed by atoms with Crippen molar-refractivity contribution >= 4 is 17.0 Å². The summed E-state index contributed by atoms with van der Waals surface area (Å²) in [6.45, 7) is 1.13. The van der Waals surface area contributed by atoms with E-state index in [0.717, 1.165) is 29.0 Å². The van der Waals surface area contributed by atoms with Crippen molar-refractivity contribution in [1.82, 2.24) is 4.68 Å². The molecule has 4 nitrogen and oxygen atoms in total.